The van der Waals surface area contributed by atoms with E-state index in [1.54, 1.807) is 0 Å². The SMILES string of the molecule is CNC1C(n2ncc3ccccc32)CCCC1(C)C. The van der Waals surface area contributed by atoms with E-state index in [0.29, 0.717) is 17.5 Å². The van der Waals surface area contributed by atoms with E-state index in [9.17, 15) is 0 Å². The van der Waals surface area contributed by atoms with Gasteiger partial charge in [0, 0.05) is 11.4 Å². The third kappa shape index (κ3) is 2.06. The minimum atomic E-state index is 0.324. The van der Waals surface area contributed by atoms with E-state index in [1.807, 2.05) is 6.20 Å². The smallest absolute Gasteiger partial charge is 0.0686 e. The van der Waals surface area contributed by atoms with Crippen molar-refractivity contribution < 1.29 is 0 Å². The molecule has 2 atom stereocenters. The minimum Gasteiger partial charge on any atom is -0.314 e. The van der Waals surface area contributed by atoms with Crippen LogP contribution in [0, 0.1) is 5.41 Å². The zero-order valence-corrected chi connectivity index (χ0v) is 12.1. The Hall–Kier alpha value is -1.35. The molecular weight excluding hydrogens is 234 g/mol. The molecule has 1 N–H and O–H groups in total. The molecule has 1 saturated carbocycles. The maximum atomic E-state index is 4.66. The number of fused-ring (bicyclic) bond motifs is 1. The predicted molar refractivity (Wildman–Crippen MR) is 79.2 cm³/mol. The van der Waals surface area contributed by atoms with Crippen LogP contribution in [0.4, 0.5) is 0 Å². The Morgan fingerprint density at radius 1 is 1.32 bits per heavy atom. The van der Waals surface area contributed by atoms with Crippen LogP contribution in [0.25, 0.3) is 10.9 Å². The van der Waals surface area contributed by atoms with Gasteiger partial charge in [0.2, 0.25) is 0 Å². The van der Waals surface area contributed by atoms with Gasteiger partial charge in [-0.15, -0.1) is 0 Å². The van der Waals surface area contributed by atoms with E-state index in [4.69, 9.17) is 0 Å². The van der Waals surface area contributed by atoms with Crippen molar-refractivity contribution in [2.45, 2.75) is 45.2 Å². The summed E-state index contributed by atoms with van der Waals surface area (Å²) in [5.41, 5.74) is 1.58. The molecule has 3 heteroatoms. The van der Waals surface area contributed by atoms with E-state index in [-0.39, 0.29) is 0 Å². The van der Waals surface area contributed by atoms with E-state index in [1.165, 1.54) is 30.2 Å². The van der Waals surface area contributed by atoms with Crippen molar-refractivity contribution >= 4 is 10.9 Å². The van der Waals surface area contributed by atoms with Crippen molar-refractivity contribution in [2.75, 3.05) is 7.05 Å². The molecule has 2 aromatic rings. The van der Waals surface area contributed by atoms with Gasteiger partial charge < -0.3 is 5.32 Å². The molecule has 1 fully saturated rings. The first-order valence-corrected chi connectivity index (χ1v) is 7.23. The maximum absolute atomic E-state index is 4.66. The Kier molecular flexibility index (Phi) is 3.09. The fourth-order valence-corrected chi connectivity index (χ4v) is 3.71. The van der Waals surface area contributed by atoms with E-state index < -0.39 is 0 Å². The second kappa shape index (κ2) is 4.64. The highest BCUT2D eigenvalue weighted by Crippen LogP contribution is 2.41. The third-order valence-electron chi connectivity index (χ3n) is 4.68. The highest BCUT2D eigenvalue weighted by atomic mass is 15.3. The molecule has 0 spiro atoms. The zero-order chi connectivity index (χ0) is 13.5. The van der Waals surface area contributed by atoms with Gasteiger partial charge in [-0.2, -0.15) is 5.10 Å². The summed E-state index contributed by atoms with van der Waals surface area (Å²) in [5.74, 6) is 0. The molecule has 0 amide bonds. The number of nitrogens with one attached hydrogen (secondary N) is 1. The maximum Gasteiger partial charge on any atom is 0.0686 e. The largest absolute Gasteiger partial charge is 0.314 e. The topological polar surface area (TPSA) is 29.9 Å². The fourth-order valence-electron chi connectivity index (χ4n) is 3.71. The Morgan fingerprint density at radius 2 is 2.11 bits per heavy atom. The molecule has 1 aromatic heterocycles. The fraction of sp³-hybridized carbons (Fsp3) is 0.562. The third-order valence-corrected chi connectivity index (χ3v) is 4.68. The first-order valence-electron chi connectivity index (χ1n) is 7.23. The van der Waals surface area contributed by atoms with Crippen molar-refractivity contribution in [3.05, 3.63) is 30.5 Å². The lowest BCUT2D eigenvalue weighted by Crippen LogP contribution is -2.49. The van der Waals surface area contributed by atoms with Crippen LogP contribution in [0.15, 0.2) is 30.5 Å². The summed E-state index contributed by atoms with van der Waals surface area (Å²) >= 11 is 0. The molecule has 1 aliphatic carbocycles. The summed E-state index contributed by atoms with van der Waals surface area (Å²) in [6.07, 6.45) is 5.77. The molecule has 3 rings (SSSR count). The van der Waals surface area contributed by atoms with Crippen molar-refractivity contribution in [1.29, 1.82) is 0 Å². The average molecular weight is 257 g/mol. The van der Waals surface area contributed by atoms with Crippen molar-refractivity contribution in [2.24, 2.45) is 5.41 Å². The summed E-state index contributed by atoms with van der Waals surface area (Å²) in [7, 11) is 2.08. The highest BCUT2D eigenvalue weighted by Gasteiger charge is 2.39. The quantitative estimate of drug-likeness (QED) is 0.894. The van der Waals surface area contributed by atoms with Gasteiger partial charge in [0.1, 0.15) is 0 Å². The molecule has 1 aliphatic rings. The van der Waals surface area contributed by atoms with Gasteiger partial charge >= 0.3 is 0 Å². The number of likely N-dealkylation sites (N-methyl/N-ethyl adjacent to an activating group) is 1. The standard InChI is InChI=1S/C16H23N3/c1-16(2)10-6-9-14(15(16)17-3)19-13-8-5-4-7-12(13)11-18-19/h4-5,7-8,11,14-15,17H,6,9-10H2,1-3H3. The zero-order valence-electron chi connectivity index (χ0n) is 12.1. The van der Waals surface area contributed by atoms with Crippen LogP contribution >= 0.6 is 0 Å². The van der Waals surface area contributed by atoms with Crippen LogP contribution in [0.2, 0.25) is 0 Å². The normalized spacial score (nSPS) is 26.7. The molecule has 0 radical (unpaired) electrons. The number of aromatic nitrogens is 2. The Labute approximate surface area is 115 Å². The number of hydrogen-bond acceptors (Lipinski definition) is 2. The molecule has 2 unspecified atom stereocenters. The molecule has 0 bridgehead atoms. The summed E-state index contributed by atoms with van der Waals surface area (Å²) < 4.78 is 2.23. The van der Waals surface area contributed by atoms with Gasteiger partial charge in [-0.1, -0.05) is 38.5 Å². The molecule has 3 nitrogen and oxygen atoms in total. The molecule has 1 aromatic carbocycles. The van der Waals surface area contributed by atoms with Gasteiger partial charge in [0.05, 0.1) is 17.8 Å². The van der Waals surface area contributed by atoms with Gasteiger partial charge in [0.25, 0.3) is 0 Å². The van der Waals surface area contributed by atoms with Gasteiger partial charge in [0.15, 0.2) is 0 Å². The monoisotopic (exact) mass is 257 g/mol. The number of benzene rings is 1. The van der Waals surface area contributed by atoms with Gasteiger partial charge in [-0.05, 0) is 31.4 Å². The minimum absolute atomic E-state index is 0.324. The summed E-state index contributed by atoms with van der Waals surface area (Å²) in [6, 6.07) is 9.42. The van der Waals surface area contributed by atoms with Crippen LogP contribution in [-0.4, -0.2) is 22.9 Å². The average Bonchev–Trinajstić information content (AvgIpc) is 2.81. The first-order chi connectivity index (χ1) is 9.13. The molecule has 102 valence electrons. The summed E-state index contributed by atoms with van der Waals surface area (Å²) in [5, 5.41) is 9.43. The van der Waals surface area contributed by atoms with Crippen molar-refractivity contribution in [3.8, 4) is 0 Å². The molecular formula is C16H23N3. The Balaban J connectivity index is 2.04. The van der Waals surface area contributed by atoms with Crippen LogP contribution in [0.5, 0.6) is 0 Å². The molecule has 0 aliphatic heterocycles. The highest BCUT2D eigenvalue weighted by molar-refractivity contribution is 5.78. The lowest BCUT2D eigenvalue weighted by atomic mass is 9.71. The van der Waals surface area contributed by atoms with Crippen molar-refractivity contribution in [3.63, 3.8) is 0 Å². The number of para-hydroxylation sites is 1. The predicted octanol–water partition coefficient (Wildman–Crippen LogP) is 3.38. The summed E-state index contributed by atoms with van der Waals surface area (Å²) in [6.45, 7) is 4.73. The second-order valence-corrected chi connectivity index (χ2v) is 6.36. The second-order valence-electron chi connectivity index (χ2n) is 6.36. The van der Waals surface area contributed by atoms with Crippen LogP contribution in [0.1, 0.15) is 39.2 Å². The van der Waals surface area contributed by atoms with Crippen LogP contribution in [-0.2, 0) is 0 Å². The first kappa shape index (κ1) is 12.7. The lowest BCUT2D eigenvalue weighted by molar-refractivity contribution is 0.115. The van der Waals surface area contributed by atoms with Crippen LogP contribution < -0.4 is 5.32 Å². The van der Waals surface area contributed by atoms with Crippen molar-refractivity contribution in [1.82, 2.24) is 15.1 Å². The van der Waals surface area contributed by atoms with E-state index >= 15 is 0 Å². The molecule has 1 heterocycles. The van der Waals surface area contributed by atoms with Gasteiger partial charge in [-0.25, -0.2) is 0 Å². The molecule has 0 saturated heterocycles. The lowest BCUT2D eigenvalue weighted by Gasteiger charge is -2.44. The number of rotatable bonds is 2. The summed E-state index contributed by atoms with van der Waals surface area (Å²) in [4.78, 5) is 0. The van der Waals surface area contributed by atoms with E-state index in [2.05, 4.69) is 60.3 Å². The van der Waals surface area contributed by atoms with Gasteiger partial charge in [-0.3, -0.25) is 4.68 Å². The number of nitrogens with zero attached hydrogens (tertiary/aromatic N) is 2. The van der Waals surface area contributed by atoms with E-state index in [0.717, 1.165) is 0 Å². The Morgan fingerprint density at radius 3 is 2.89 bits per heavy atom. The van der Waals surface area contributed by atoms with Crippen LogP contribution in [0.3, 0.4) is 0 Å². The molecule has 19 heavy (non-hydrogen) atoms. The Bertz CT molecular complexity index is 570. The number of hydrogen-bond donors (Lipinski definition) is 1.